The molecule has 0 bridgehead atoms. The van der Waals surface area contributed by atoms with Crippen molar-refractivity contribution in [3.63, 3.8) is 0 Å². The summed E-state index contributed by atoms with van der Waals surface area (Å²) in [6.45, 7) is 10.0. The Morgan fingerprint density at radius 3 is 3.05 bits per heavy atom. The van der Waals surface area contributed by atoms with Crippen LogP contribution in [-0.2, 0) is 6.54 Å². The van der Waals surface area contributed by atoms with Gasteiger partial charge in [-0.1, -0.05) is 13.8 Å². The van der Waals surface area contributed by atoms with Crippen molar-refractivity contribution in [1.82, 2.24) is 14.7 Å². The summed E-state index contributed by atoms with van der Waals surface area (Å²) >= 11 is 1.72. The lowest BCUT2D eigenvalue weighted by molar-refractivity contribution is 0.375. The highest BCUT2D eigenvalue weighted by atomic mass is 32.1. The molecule has 116 valence electrons. The molecule has 5 heteroatoms. The SMILES string of the molecule is CCCNCc1c(N2CCC(C)CC2C)nc2sccn12. The summed E-state index contributed by atoms with van der Waals surface area (Å²) in [6.07, 6.45) is 5.86. The molecule has 1 fully saturated rings. The number of fused-ring (bicyclic) bond motifs is 1. The Kier molecular flexibility index (Phi) is 4.50. The van der Waals surface area contributed by atoms with Crippen LogP contribution in [0.2, 0.25) is 0 Å². The van der Waals surface area contributed by atoms with E-state index in [1.54, 1.807) is 11.3 Å². The average molecular weight is 306 g/mol. The van der Waals surface area contributed by atoms with Crippen molar-refractivity contribution in [2.24, 2.45) is 5.92 Å². The zero-order chi connectivity index (χ0) is 14.8. The third-order valence-corrected chi connectivity index (χ3v) is 5.23. The van der Waals surface area contributed by atoms with E-state index in [1.807, 2.05) is 0 Å². The summed E-state index contributed by atoms with van der Waals surface area (Å²) in [5.74, 6) is 2.03. The second kappa shape index (κ2) is 6.36. The molecule has 0 aliphatic carbocycles. The van der Waals surface area contributed by atoms with Gasteiger partial charge in [-0.05, 0) is 38.6 Å². The maximum absolute atomic E-state index is 4.92. The van der Waals surface area contributed by atoms with Gasteiger partial charge in [-0.3, -0.25) is 4.40 Å². The summed E-state index contributed by atoms with van der Waals surface area (Å²) < 4.78 is 2.26. The minimum Gasteiger partial charge on any atom is -0.352 e. The lowest BCUT2D eigenvalue weighted by Crippen LogP contribution is -2.41. The average Bonchev–Trinajstić information content (AvgIpc) is 3.01. The smallest absolute Gasteiger partial charge is 0.195 e. The minimum atomic E-state index is 0.586. The number of aromatic nitrogens is 2. The number of thiazole rings is 1. The Bertz CT molecular complexity index is 588. The maximum Gasteiger partial charge on any atom is 0.195 e. The first-order chi connectivity index (χ1) is 10.2. The van der Waals surface area contributed by atoms with Crippen LogP contribution in [0.5, 0.6) is 0 Å². The third kappa shape index (κ3) is 2.94. The van der Waals surface area contributed by atoms with Gasteiger partial charge >= 0.3 is 0 Å². The van der Waals surface area contributed by atoms with Gasteiger partial charge in [0.1, 0.15) is 0 Å². The Balaban J connectivity index is 1.89. The molecule has 1 aliphatic rings. The van der Waals surface area contributed by atoms with Crippen LogP contribution >= 0.6 is 11.3 Å². The third-order valence-electron chi connectivity index (χ3n) is 4.47. The van der Waals surface area contributed by atoms with Crippen LogP contribution in [0.25, 0.3) is 4.96 Å². The number of nitrogens with zero attached hydrogens (tertiary/aromatic N) is 3. The van der Waals surface area contributed by atoms with Crippen molar-refractivity contribution < 1.29 is 0 Å². The van der Waals surface area contributed by atoms with Crippen molar-refractivity contribution in [2.45, 2.75) is 52.6 Å². The van der Waals surface area contributed by atoms with E-state index in [-0.39, 0.29) is 0 Å². The van der Waals surface area contributed by atoms with E-state index in [2.05, 4.69) is 47.0 Å². The summed E-state index contributed by atoms with van der Waals surface area (Å²) in [7, 11) is 0. The van der Waals surface area contributed by atoms with Gasteiger partial charge in [0.25, 0.3) is 0 Å². The molecule has 4 nitrogen and oxygen atoms in total. The van der Waals surface area contributed by atoms with Crippen LogP contribution in [0.1, 0.15) is 45.7 Å². The molecule has 1 aliphatic heterocycles. The molecular formula is C16H26N4S. The predicted molar refractivity (Wildman–Crippen MR) is 90.3 cm³/mol. The second-order valence-electron chi connectivity index (χ2n) is 6.29. The molecule has 1 saturated heterocycles. The first-order valence-electron chi connectivity index (χ1n) is 8.12. The predicted octanol–water partition coefficient (Wildman–Crippen LogP) is 3.52. The van der Waals surface area contributed by atoms with E-state index in [0.717, 1.165) is 30.5 Å². The van der Waals surface area contributed by atoms with Crippen LogP contribution in [0, 0.1) is 5.92 Å². The van der Waals surface area contributed by atoms with Gasteiger partial charge in [0.05, 0.1) is 5.69 Å². The van der Waals surface area contributed by atoms with E-state index in [1.165, 1.54) is 30.8 Å². The van der Waals surface area contributed by atoms with Gasteiger partial charge in [0.2, 0.25) is 0 Å². The Hall–Kier alpha value is -1.07. The number of anilines is 1. The fraction of sp³-hybridized carbons (Fsp3) is 0.688. The Morgan fingerprint density at radius 2 is 2.29 bits per heavy atom. The zero-order valence-electron chi connectivity index (χ0n) is 13.3. The number of piperidine rings is 1. The largest absolute Gasteiger partial charge is 0.352 e. The Morgan fingerprint density at radius 1 is 1.43 bits per heavy atom. The highest BCUT2D eigenvalue weighted by Crippen LogP contribution is 2.31. The summed E-state index contributed by atoms with van der Waals surface area (Å²) in [4.78, 5) is 8.55. The highest BCUT2D eigenvalue weighted by Gasteiger charge is 2.27. The zero-order valence-corrected chi connectivity index (χ0v) is 14.1. The van der Waals surface area contributed by atoms with E-state index in [9.17, 15) is 0 Å². The lowest BCUT2D eigenvalue weighted by Gasteiger charge is -2.37. The number of hydrogen-bond acceptors (Lipinski definition) is 4. The van der Waals surface area contributed by atoms with Gasteiger partial charge in [0.15, 0.2) is 10.8 Å². The van der Waals surface area contributed by atoms with Crippen LogP contribution < -0.4 is 10.2 Å². The normalized spacial score (nSPS) is 23.1. The van der Waals surface area contributed by atoms with Gasteiger partial charge in [-0.25, -0.2) is 4.98 Å². The van der Waals surface area contributed by atoms with Crippen LogP contribution in [0.4, 0.5) is 5.82 Å². The van der Waals surface area contributed by atoms with Crippen LogP contribution in [0.15, 0.2) is 11.6 Å². The van der Waals surface area contributed by atoms with E-state index in [0.29, 0.717) is 6.04 Å². The monoisotopic (exact) mass is 306 g/mol. The molecule has 2 aromatic heterocycles. The lowest BCUT2D eigenvalue weighted by atomic mass is 9.93. The van der Waals surface area contributed by atoms with Crippen LogP contribution in [0.3, 0.4) is 0 Å². The minimum absolute atomic E-state index is 0.586. The molecule has 0 aromatic carbocycles. The number of nitrogens with one attached hydrogen (secondary N) is 1. The fourth-order valence-electron chi connectivity index (χ4n) is 3.32. The summed E-state index contributed by atoms with van der Waals surface area (Å²) in [5, 5.41) is 5.66. The number of rotatable bonds is 5. The molecule has 3 heterocycles. The second-order valence-corrected chi connectivity index (χ2v) is 7.16. The standard InChI is InChI=1S/C16H26N4S/c1-4-6-17-11-14-15(18-16-20(14)8-9-21-16)19-7-5-12(2)10-13(19)3/h8-9,12-13,17H,4-7,10-11H2,1-3H3. The van der Waals surface area contributed by atoms with Crippen molar-refractivity contribution in [1.29, 1.82) is 0 Å². The van der Waals surface area contributed by atoms with Gasteiger partial charge in [-0.15, -0.1) is 11.3 Å². The molecule has 3 rings (SSSR count). The van der Waals surface area contributed by atoms with Crippen LogP contribution in [-0.4, -0.2) is 28.5 Å². The topological polar surface area (TPSA) is 32.6 Å². The van der Waals surface area contributed by atoms with Crippen molar-refractivity contribution in [3.05, 3.63) is 17.3 Å². The molecule has 0 radical (unpaired) electrons. The van der Waals surface area contributed by atoms with Crippen molar-refractivity contribution in [3.8, 4) is 0 Å². The number of imidazole rings is 1. The first-order valence-corrected chi connectivity index (χ1v) is 9.00. The molecule has 2 unspecified atom stereocenters. The molecule has 2 aromatic rings. The molecule has 1 N–H and O–H groups in total. The molecule has 0 amide bonds. The van der Waals surface area contributed by atoms with Crippen molar-refractivity contribution >= 4 is 22.1 Å². The Labute approximate surface area is 131 Å². The number of hydrogen-bond donors (Lipinski definition) is 1. The van der Waals surface area contributed by atoms with Gasteiger partial charge < -0.3 is 10.2 Å². The molecular weight excluding hydrogens is 280 g/mol. The maximum atomic E-state index is 4.92. The quantitative estimate of drug-likeness (QED) is 0.858. The highest BCUT2D eigenvalue weighted by molar-refractivity contribution is 7.15. The van der Waals surface area contributed by atoms with E-state index < -0.39 is 0 Å². The molecule has 21 heavy (non-hydrogen) atoms. The molecule has 0 saturated carbocycles. The molecule has 0 spiro atoms. The fourth-order valence-corrected chi connectivity index (χ4v) is 4.05. The van der Waals surface area contributed by atoms with E-state index in [4.69, 9.17) is 4.98 Å². The first kappa shape index (κ1) is 14.9. The van der Waals surface area contributed by atoms with Gasteiger partial charge in [-0.2, -0.15) is 0 Å². The summed E-state index contributed by atoms with van der Waals surface area (Å²) in [6, 6.07) is 0.586. The van der Waals surface area contributed by atoms with Gasteiger partial charge in [0, 0.05) is 30.7 Å². The molecule has 2 atom stereocenters. The van der Waals surface area contributed by atoms with E-state index >= 15 is 0 Å². The summed E-state index contributed by atoms with van der Waals surface area (Å²) in [5.41, 5.74) is 1.32. The van der Waals surface area contributed by atoms with Crippen molar-refractivity contribution in [2.75, 3.05) is 18.0 Å².